The molecule has 2 fully saturated rings. The first-order valence-corrected chi connectivity index (χ1v) is 10.6. The summed E-state index contributed by atoms with van der Waals surface area (Å²) < 4.78 is 10.9. The summed E-state index contributed by atoms with van der Waals surface area (Å²) in [6, 6.07) is 5.25. The monoisotopic (exact) mass is 400 g/mol. The Labute approximate surface area is 173 Å². The van der Waals surface area contributed by atoms with Crippen LogP contribution in [-0.4, -0.2) is 49.6 Å². The van der Waals surface area contributed by atoms with Crippen molar-refractivity contribution >= 4 is 11.8 Å². The van der Waals surface area contributed by atoms with Gasteiger partial charge in [-0.25, -0.2) is 0 Å². The highest BCUT2D eigenvalue weighted by atomic mass is 16.5. The molecule has 1 aromatic rings. The van der Waals surface area contributed by atoms with E-state index in [1.54, 1.807) is 31.4 Å². The number of nitrogens with zero attached hydrogens (tertiary/aromatic N) is 1. The molecule has 29 heavy (non-hydrogen) atoms. The molecular formula is C23H32N2O4. The summed E-state index contributed by atoms with van der Waals surface area (Å²) >= 11 is 0. The molecular weight excluding hydrogens is 368 g/mol. The SMILES string of the molecule is C=CCOc1ccc(C(=O)NC2CCN(C(=O)C3CCCCC3)CC2)cc1OC. The normalized spacial score (nSPS) is 18.2. The fourth-order valence-corrected chi connectivity index (χ4v) is 4.20. The molecule has 6 nitrogen and oxygen atoms in total. The number of nitrogens with one attached hydrogen (secondary N) is 1. The zero-order valence-corrected chi connectivity index (χ0v) is 17.3. The number of likely N-dealkylation sites (tertiary alicyclic amines) is 1. The Balaban J connectivity index is 1.51. The average Bonchev–Trinajstić information content (AvgIpc) is 2.78. The highest BCUT2D eigenvalue weighted by Gasteiger charge is 2.29. The second kappa shape index (κ2) is 10.3. The fourth-order valence-electron chi connectivity index (χ4n) is 4.20. The first kappa shape index (κ1) is 21.2. The summed E-state index contributed by atoms with van der Waals surface area (Å²) in [5.41, 5.74) is 0.536. The minimum atomic E-state index is -0.129. The maximum Gasteiger partial charge on any atom is 0.251 e. The van der Waals surface area contributed by atoms with Crippen molar-refractivity contribution in [3.63, 3.8) is 0 Å². The Bertz CT molecular complexity index is 720. The van der Waals surface area contributed by atoms with Gasteiger partial charge in [0.1, 0.15) is 6.61 Å². The molecule has 1 heterocycles. The number of benzene rings is 1. The van der Waals surface area contributed by atoms with Crippen molar-refractivity contribution in [3.05, 3.63) is 36.4 Å². The molecule has 1 aliphatic carbocycles. The smallest absolute Gasteiger partial charge is 0.251 e. The number of carbonyl (C=O) groups excluding carboxylic acids is 2. The molecule has 0 atom stereocenters. The Morgan fingerprint density at radius 3 is 2.52 bits per heavy atom. The van der Waals surface area contributed by atoms with Gasteiger partial charge in [0, 0.05) is 30.6 Å². The van der Waals surface area contributed by atoms with Crippen LogP contribution in [0.2, 0.25) is 0 Å². The van der Waals surface area contributed by atoms with Crippen LogP contribution in [0.4, 0.5) is 0 Å². The zero-order chi connectivity index (χ0) is 20.6. The second-order valence-electron chi connectivity index (χ2n) is 7.87. The molecule has 2 amide bonds. The van der Waals surface area contributed by atoms with Crippen LogP contribution in [0.1, 0.15) is 55.3 Å². The first-order chi connectivity index (χ1) is 14.1. The zero-order valence-electron chi connectivity index (χ0n) is 17.3. The number of methoxy groups -OCH3 is 1. The lowest BCUT2D eigenvalue weighted by molar-refractivity contribution is -0.137. The predicted octanol–water partition coefficient (Wildman–Crippen LogP) is 3.56. The third-order valence-corrected chi connectivity index (χ3v) is 5.88. The van der Waals surface area contributed by atoms with Crippen LogP contribution in [0.15, 0.2) is 30.9 Å². The number of rotatable bonds is 7. The highest BCUT2D eigenvalue weighted by molar-refractivity contribution is 5.95. The van der Waals surface area contributed by atoms with Gasteiger partial charge in [0.15, 0.2) is 11.5 Å². The van der Waals surface area contributed by atoms with E-state index in [4.69, 9.17) is 9.47 Å². The van der Waals surface area contributed by atoms with E-state index in [2.05, 4.69) is 11.9 Å². The van der Waals surface area contributed by atoms with E-state index in [9.17, 15) is 9.59 Å². The van der Waals surface area contributed by atoms with Crippen LogP contribution >= 0.6 is 0 Å². The number of hydrogen-bond donors (Lipinski definition) is 1. The molecule has 1 aliphatic heterocycles. The maximum absolute atomic E-state index is 12.7. The van der Waals surface area contributed by atoms with Crippen molar-refractivity contribution < 1.29 is 19.1 Å². The molecule has 158 valence electrons. The van der Waals surface area contributed by atoms with Gasteiger partial charge in [-0.3, -0.25) is 9.59 Å². The molecule has 0 radical (unpaired) electrons. The third-order valence-electron chi connectivity index (χ3n) is 5.88. The molecule has 2 aliphatic rings. The molecule has 1 aromatic carbocycles. The molecule has 0 aromatic heterocycles. The minimum absolute atomic E-state index is 0.0839. The molecule has 6 heteroatoms. The molecule has 1 saturated heterocycles. The van der Waals surface area contributed by atoms with E-state index < -0.39 is 0 Å². The van der Waals surface area contributed by atoms with Crippen molar-refractivity contribution in [1.29, 1.82) is 0 Å². The molecule has 1 saturated carbocycles. The van der Waals surface area contributed by atoms with Crippen LogP contribution in [-0.2, 0) is 4.79 Å². The Morgan fingerprint density at radius 1 is 1.14 bits per heavy atom. The second-order valence-corrected chi connectivity index (χ2v) is 7.87. The first-order valence-electron chi connectivity index (χ1n) is 10.6. The highest BCUT2D eigenvalue weighted by Crippen LogP contribution is 2.29. The molecule has 1 N–H and O–H groups in total. The van der Waals surface area contributed by atoms with Crippen LogP contribution in [0.25, 0.3) is 0 Å². The van der Waals surface area contributed by atoms with Gasteiger partial charge in [-0.05, 0) is 43.9 Å². The molecule has 3 rings (SSSR count). The summed E-state index contributed by atoms with van der Waals surface area (Å²) in [6.45, 7) is 5.45. The number of amides is 2. The van der Waals surface area contributed by atoms with Crippen molar-refractivity contribution in [2.45, 2.75) is 51.0 Å². The summed E-state index contributed by atoms with van der Waals surface area (Å²) in [6.07, 6.45) is 8.90. The van der Waals surface area contributed by atoms with Gasteiger partial charge >= 0.3 is 0 Å². The van der Waals surface area contributed by atoms with Gasteiger partial charge in [-0.1, -0.05) is 31.9 Å². The largest absolute Gasteiger partial charge is 0.493 e. The minimum Gasteiger partial charge on any atom is -0.493 e. The van der Waals surface area contributed by atoms with Crippen LogP contribution in [0, 0.1) is 5.92 Å². The van der Waals surface area contributed by atoms with Gasteiger partial charge in [0.25, 0.3) is 5.91 Å². The lowest BCUT2D eigenvalue weighted by Gasteiger charge is -2.35. The van der Waals surface area contributed by atoms with Crippen molar-refractivity contribution in [1.82, 2.24) is 10.2 Å². The van der Waals surface area contributed by atoms with Gasteiger partial charge in [-0.15, -0.1) is 0 Å². The van der Waals surface area contributed by atoms with E-state index in [1.807, 2.05) is 4.90 Å². The molecule has 0 unspecified atom stereocenters. The van der Waals surface area contributed by atoms with Crippen molar-refractivity contribution in [2.75, 3.05) is 26.8 Å². The Hall–Kier alpha value is -2.50. The lowest BCUT2D eigenvalue weighted by Crippen LogP contribution is -2.48. The van der Waals surface area contributed by atoms with Gasteiger partial charge in [0.2, 0.25) is 5.91 Å². The quantitative estimate of drug-likeness (QED) is 0.711. The van der Waals surface area contributed by atoms with Crippen LogP contribution < -0.4 is 14.8 Å². The van der Waals surface area contributed by atoms with Gasteiger partial charge in [-0.2, -0.15) is 0 Å². The third kappa shape index (κ3) is 5.52. The molecule has 0 spiro atoms. The summed E-state index contributed by atoms with van der Waals surface area (Å²) in [5.74, 6) is 1.50. The van der Waals surface area contributed by atoms with Crippen molar-refractivity contribution in [2.24, 2.45) is 5.92 Å². The van der Waals surface area contributed by atoms with Crippen molar-refractivity contribution in [3.8, 4) is 11.5 Å². The van der Waals surface area contributed by atoms with E-state index in [1.165, 1.54) is 19.3 Å². The number of ether oxygens (including phenoxy) is 2. The predicted molar refractivity (Wildman–Crippen MR) is 112 cm³/mol. The fraction of sp³-hybridized carbons (Fsp3) is 0.565. The van der Waals surface area contributed by atoms with E-state index >= 15 is 0 Å². The Kier molecular flexibility index (Phi) is 7.55. The Morgan fingerprint density at radius 2 is 1.86 bits per heavy atom. The summed E-state index contributed by atoms with van der Waals surface area (Å²) in [5, 5.41) is 3.10. The van der Waals surface area contributed by atoms with E-state index in [0.717, 1.165) is 38.8 Å². The van der Waals surface area contributed by atoms with Gasteiger partial charge < -0.3 is 19.7 Å². The summed E-state index contributed by atoms with van der Waals surface area (Å²) in [7, 11) is 1.55. The molecule has 0 bridgehead atoms. The average molecular weight is 401 g/mol. The van der Waals surface area contributed by atoms with Crippen LogP contribution in [0.3, 0.4) is 0 Å². The summed E-state index contributed by atoms with van der Waals surface area (Å²) in [4.78, 5) is 27.3. The van der Waals surface area contributed by atoms with Gasteiger partial charge in [0.05, 0.1) is 7.11 Å². The number of carbonyl (C=O) groups is 2. The van der Waals surface area contributed by atoms with E-state index in [0.29, 0.717) is 29.6 Å². The topological polar surface area (TPSA) is 67.9 Å². The lowest BCUT2D eigenvalue weighted by atomic mass is 9.87. The standard InChI is InChI=1S/C23H32N2O4/c1-3-15-29-20-10-9-18(16-21(20)28-2)22(26)24-19-11-13-25(14-12-19)23(27)17-7-5-4-6-8-17/h3,9-10,16-17,19H,1,4-8,11-15H2,2H3,(H,24,26). The van der Waals surface area contributed by atoms with Crippen LogP contribution in [0.5, 0.6) is 11.5 Å². The number of piperidine rings is 1. The number of hydrogen-bond acceptors (Lipinski definition) is 4. The van der Waals surface area contributed by atoms with E-state index in [-0.39, 0.29) is 17.9 Å². The maximum atomic E-state index is 12.7.